The molecule has 2 saturated heterocycles. The van der Waals surface area contributed by atoms with Crippen LogP contribution >= 0.6 is 0 Å². The lowest BCUT2D eigenvalue weighted by molar-refractivity contribution is -0.149. The highest BCUT2D eigenvalue weighted by Gasteiger charge is 2.44. The molecule has 1 atom stereocenters. The van der Waals surface area contributed by atoms with Gasteiger partial charge in [-0.3, -0.25) is 9.78 Å². The van der Waals surface area contributed by atoms with Gasteiger partial charge in [-0.2, -0.15) is 13.2 Å². The van der Waals surface area contributed by atoms with E-state index in [0.29, 0.717) is 37.5 Å². The summed E-state index contributed by atoms with van der Waals surface area (Å²) in [5.74, 6) is 0.0622. The number of carbonyl (C=O) groups excluding carboxylic acids is 2. The van der Waals surface area contributed by atoms with Crippen LogP contribution in [-0.2, 0) is 4.79 Å². The number of ether oxygens (including phenoxy) is 1. The van der Waals surface area contributed by atoms with Crippen LogP contribution in [0.5, 0.6) is 5.75 Å². The minimum absolute atomic E-state index is 0.162. The molecule has 33 heavy (non-hydrogen) atoms. The number of hydrogen-bond acceptors (Lipinski definition) is 5. The summed E-state index contributed by atoms with van der Waals surface area (Å²) in [5, 5.41) is 5.81. The van der Waals surface area contributed by atoms with E-state index in [2.05, 4.69) is 15.6 Å². The second-order valence-corrected chi connectivity index (χ2v) is 8.40. The summed E-state index contributed by atoms with van der Waals surface area (Å²) in [6.45, 7) is 1.86. The van der Waals surface area contributed by atoms with Crippen LogP contribution in [-0.4, -0.2) is 59.7 Å². The number of hydrogen-bond donors (Lipinski definition) is 2. The number of carbonyl (C=O) groups is 2. The zero-order valence-corrected chi connectivity index (χ0v) is 17.9. The molecule has 2 N–H and O–H groups in total. The van der Waals surface area contributed by atoms with Gasteiger partial charge < -0.3 is 20.3 Å². The Labute approximate surface area is 189 Å². The summed E-state index contributed by atoms with van der Waals surface area (Å²) in [6, 6.07) is 10.1. The van der Waals surface area contributed by atoms with Crippen molar-refractivity contribution in [3.63, 3.8) is 0 Å². The van der Waals surface area contributed by atoms with Gasteiger partial charge >= 0.3 is 12.2 Å². The molecule has 0 aliphatic carbocycles. The topological polar surface area (TPSA) is 83.6 Å². The molecule has 7 nitrogen and oxygen atoms in total. The maximum atomic E-state index is 12.5. The molecule has 2 amide bonds. The fraction of sp³-hybridized carbons (Fsp3) is 0.435. The van der Waals surface area contributed by atoms with Gasteiger partial charge in [-0.05, 0) is 42.4 Å². The first-order valence-electron chi connectivity index (χ1n) is 10.8. The molecule has 0 radical (unpaired) electrons. The van der Waals surface area contributed by atoms with Crippen molar-refractivity contribution in [1.82, 2.24) is 15.2 Å². The molecule has 2 aromatic rings. The number of aromatic nitrogens is 1. The van der Waals surface area contributed by atoms with E-state index >= 15 is 0 Å². The number of amides is 2. The Morgan fingerprint density at radius 3 is 2.58 bits per heavy atom. The van der Waals surface area contributed by atoms with Gasteiger partial charge in [0.2, 0.25) is 0 Å². The first-order chi connectivity index (χ1) is 15.7. The Morgan fingerprint density at radius 1 is 1.21 bits per heavy atom. The predicted octanol–water partition coefficient (Wildman–Crippen LogP) is 3.74. The van der Waals surface area contributed by atoms with Crippen LogP contribution in [0.15, 0.2) is 48.8 Å². The maximum Gasteiger partial charge on any atom is 0.389 e. The predicted molar refractivity (Wildman–Crippen MR) is 115 cm³/mol. The quantitative estimate of drug-likeness (QED) is 0.655. The summed E-state index contributed by atoms with van der Waals surface area (Å²) in [7, 11) is 0. The number of Topliss-reactive ketones (excluding diaryl/α,β-unsaturated/α-hetero) is 1. The van der Waals surface area contributed by atoms with Crippen molar-refractivity contribution < 1.29 is 27.5 Å². The molecule has 3 heterocycles. The lowest BCUT2D eigenvalue weighted by Crippen LogP contribution is -2.50. The van der Waals surface area contributed by atoms with E-state index in [1.165, 1.54) is 0 Å². The van der Waals surface area contributed by atoms with Crippen LogP contribution in [0.25, 0.3) is 0 Å². The molecular formula is C23H25F3N4O3. The summed E-state index contributed by atoms with van der Waals surface area (Å²) < 4.78 is 43.5. The smallest absolute Gasteiger partial charge is 0.389 e. The number of rotatable bonds is 7. The number of anilines is 1. The fourth-order valence-corrected chi connectivity index (χ4v) is 4.04. The van der Waals surface area contributed by atoms with Crippen LogP contribution in [0.3, 0.4) is 0 Å². The van der Waals surface area contributed by atoms with Gasteiger partial charge in [0, 0.05) is 56.5 Å². The van der Waals surface area contributed by atoms with Gasteiger partial charge in [0.05, 0.1) is 6.42 Å². The summed E-state index contributed by atoms with van der Waals surface area (Å²) in [4.78, 5) is 30.8. The maximum absolute atomic E-state index is 12.5. The molecule has 0 saturated carbocycles. The van der Waals surface area contributed by atoms with Crippen molar-refractivity contribution in [2.75, 3.05) is 31.5 Å². The molecule has 2 fully saturated rings. The van der Waals surface area contributed by atoms with Crippen LogP contribution in [0, 0.1) is 0 Å². The molecule has 0 unspecified atom stereocenters. The molecule has 2 aliphatic heterocycles. The van der Waals surface area contributed by atoms with Crippen molar-refractivity contribution in [2.24, 2.45) is 0 Å². The summed E-state index contributed by atoms with van der Waals surface area (Å²) in [5.41, 5.74) is 0.344. The van der Waals surface area contributed by atoms with E-state index in [9.17, 15) is 22.8 Å². The number of nitrogens with zero attached hydrogens (tertiary/aromatic N) is 2. The number of likely N-dealkylation sites (tertiary alicyclic amines) is 1. The second-order valence-electron chi connectivity index (χ2n) is 8.40. The Bertz CT molecular complexity index is 971. The standard InChI is InChI=1S/C23H25F3N4O3/c24-23(25,26)8-7-20(31)22(9-11-28-15-22)33-19-5-3-18(4-6-19)29-21(32)30-13-17(14-30)16-2-1-10-27-12-16/h1-6,10,12,17,28H,7-9,11,13-15H2,(H,29,32)/t22-/m1/s1. The van der Waals surface area contributed by atoms with Crippen LogP contribution in [0.1, 0.15) is 30.7 Å². The largest absolute Gasteiger partial charge is 0.478 e. The van der Waals surface area contributed by atoms with Crippen molar-refractivity contribution in [1.29, 1.82) is 0 Å². The van der Waals surface area contributed by atoms with Crippen LogP contribution in [0.4, 0.5) is 23.7 Å². The summed E-state index contributed by atoms with van der Waals surface area (Å²) >= 11 is 0. The summed E-state index contributed by atoms with van der Waals surface area (Å²) in [6.07, 6.45) is -2.36. The SMILES string of the molecule is O=C(Nc1ccc(O[C@]2(C(=O)CCC(F)(F)F)CCNC2)cc1)N1CC(c2cccnc2)C1. The molecule has 4 rings (SSSR count). The normalized spacial score (nSPS) is 20.9. The van der Waals surface area contributed by atoms with Gasteiger partial charge in [-0.1, -0.05) is 6.07 Å². The number of ketones is 1. The first kappa shape index (κ1) is 23.0. The van der Waals surface area contributed by atoms with Crippen molar-refractivity contribution in [2.45, 2.75) is 37.0 Å². The second kappa shape index (κ2) is 9.38. The highest BCUT2D eigenvalue weighted by molar-refractivity contribution is 5.90. The van der Waals surface area contributed by atoms with Crippen molar-refractivity contribution in [3.8, 4) is 5.75 Å². The average molecular weight is 462 g/mol. The zero-order valence-electron chi connectivity index (χ0n) is 17.9. The number of benzene rings is 1. The van der Waals surface area contributed by atoms with Crippen LogP contribution in [0.2, 0.25) is 0 Å². The Morgan fingerprint density at radius 2 is 1.97 bits per heavy atom. The molecule has 176 valence electrons. The Hall–Kier alpha value is -3.14. The third kappa shape index (κ3) is 5.62. The van der Waals surface area contributed by atoms with E-state index in [4.69, 9.17) is 4.74 Å². The number of urea groups is 1. The number of pyridine rings is 1. The molecule has 2 aliphatic rings. The lowest BCUT2D eigenvalue weighted by atomic mass is 9.93. The molecule has 1 aromatic carbocycles. The highest BCUT2D eigenvalue weighted by Crippen LogP contribution is 2.31. The molecule has 1 aromatic heterocycles. The number of alkyl halides is 3. The average Bonchev–Trinajstić information content (AvgIpc) is 3.22. The minimum atomic E-state index is -4.39. The van der Waals surface area contributed by atoms with E-state index in [0.717, 1.165) is 5.56 Å². The lowest BCUT2D eigenvalue weighted by Gasteiger charge is -2.39. The number of halogens is 3. The zero-order chi connectivity index (χ0) is 23.5. The van der Waals surface area contributed by atoms with Crippen molar-refractivity contribution in [3.05, 3.63) is 54.4 Å². The van der Waals surface area contributed by atoms with E-state index < -0.39 is 30.4 Å². The van der Waals surface area contributed by atoms with Gasteiger partial charge in [-0.25, -0.2) is 4.79 Å². The minimum Gasteiger partial charge on any atom is -0.478 e. The number of nitrogens with one attached hydrogen (secondary N) is 2. The molecule has 0 bridgehead atoms. The third-order valence-electron chi connectivity index (χ3n) is 6.00. The van der Waals surface area contributed by atoms with E-state index in [1.807, 2.05) is 12.1 Å². The first-order valence-corrected chi connectivity index (χ1v) is 10.8. The highest BCUT2D eigenvalue weighted by atomic mass is 19.4. The van der Waals surface area contributed by atoms with Gasteiger partial charge in [-0.15, -0.1) is 0 Å². The van der Waals surface area contributed by atoms with E-state index in [-0.39, 0.29) is 18.5 Å². The Balaban J connectivity index is 1.31. The third-order valence-corrected chi connectivity index (χ3v) is 6.00. The van der Waals surface area contributed by atoms with Crippen molar-refractivity contribution >= 4 is 17.5 Å². The van der Waals surface area contributed by atoms with Gasteiger partial charge in [0.25, 0.3) is 0 Å². The molecule has 0 spiro atoms. The van der Waals surface area contributed by atoms with E-state index in [1.54, 1.807) is 41.6 Å². The Kier molecular flexibility index (Phi) is 6.55. The molecule has 10 heteroatoms. The van der Waals surface area contributed by atoms with Gasteiger partial charge in [0.1, 0.15) is 5.75 Å². The fourth-order valence-electron chi connectivity index (χ4n) is 4.04. The van der Waals surface area contributed by atoms with Crippen LogP contribution < -0.4 is 15.4 Å². The molecular weight excluding hydrogens is 437 g/mol. The monoisotopic (exact) mass is 462 g/mol. The van der Waals surface area contributed by atoms with Gasteiger partial charge in [0.15, 0.2) is 11.4 Å².